The van der Waals surface area contributed by atoms with Crippen molar-refractivity contribution in [1.82, 2.24) is 9.97 Å². The number of aliphatic carboxylic acids is 1. The fourth-order valence-electron chi connectivity index (χ4n) is 3.15. The molecular formula is C26H21MnN2O5. The number of methoxy groups -OCH3 is 1. The van der Waals surface area contributed by atoms with Gasteiger partial charge in [0.1, 0.15) is 5.75 Å². The summed E-state index contributed by atoms with van der Waals surface area (Å²) in [6.07, 6.45) is 0. The molecule has 172 valence electrons. The number of hydrogen-bond donors (Lipinski definition) is 0. The van der Waals surface area contributed by atoms with Crippen molar-refractivity contribution in [3.63, 3.8) is 0 Å². The van der Waals surface area contributed by atoms with Gasteiger partial charge in [-0.25, -0.2) is 9.97 Å². The van der Waals surface area contributed by atoms with Crippen molar-refractivity contribution in [2.75, 3.05) is 7.11 Å². The smallest absolute Gasteiger partial charge is 0.872 e. The average molecular weight is 496 g/mol. The van der Waals surface area contributed by atoms with E-state index in [0.717, 1.165) is 6.92 Å². The Kier molecular flexibility index (Phi) is 9.18. The van der Waals surface area contributed by atoms with Crippen LogP contribution in [-0.2, 0) is 21.9 Å². The van der Waals surface area contributed by atoms with Gasteiger partial charge in [-0.15, -0.1) is 0 Å². The van der Waals surface area contributed by atoms with E-state index in [9.17, 15) is 10.2 Å². The van der Waals surface area contributed by atoms with Crippen LogP contribution in [-0.4, -0.2) is 23.0 Å². The second kappa shape index (κ2) is 11.8. The number of aromatic nitrogens is 2. The zero-order valence-electron chi connectivity index (χ0n) is 18.7. The number of carbonyl (C=O) groups is 1. The third-order valence-electron chi connectivity index (χ3n) is 4.71. The summed E-state index contributed by atoms with van der Waals surface area (Å²) >= 11 is 0. The summed E-state index contributed by atoms with van der Waals surface area (Å²) in [5.74, 6) is -0.659. The number of benzene rings is 2. The van der Waals surface area contributed by atoms with Crippen molar-refractivity contribution in [1.29, 1.82) is 0 Å². The molecule has 8 heteroatoms. The summed E-state index contributed by atoms with van der Waals surface area (Å²) in [6.45, 7) is 2.76. The molecule has 0 atom stereocenters. The van der Waals surface area contributed by atoms with Crippen LogP contribution in [0.2, 0.25) is 0 Å². The number of carbonyl (C=O) groups excluding carboxylic acids is 1. The third-order valence-corrected chi connectivity index (χ3v) is 4.71. The average Bonchev–Trinajstić information content (AvgIpc) is 2.81. The Hall–Kier alpha value is -3.87. The molecule has 0 bridgehead atoms. The van der Waals surface area contributed by atoms with Gasteiger partial charge in [-0.1, -0.05) is 53.5 Å². The number of para-hydroxylation sites is 1. The van der Waals surface area contributed by atoms with E-state index in [1.807, 2.05) is 30.3 Å². The number of aryl methyl sites for hydroxylation is 1. The molecule has 0 aliphatic carbocycles. The van der Waals surface area contributed by atoms with E-state index in [1.165, 1.54) is 6.07 Å². The van der Waals surface area contributed by atoms with E-state index in [-0.39, 0.29) is 28.6 Å². The molecule has 0 unspecified atom stereocenters. The molecule has 0 N–H and O–H groups in total. The summed E-state index contributed by atoms with van der Waals surface area (Å²) in [4.78, 5) is 18.2. The van der Waals surface area contributed by atoms with Gasteiger partial charge in [-0.05, 0) is 61.4 Å². The Balaban J connectivity index is 0.000000758. The zero-order valence-corrected chi connectivity index (χ0v) is 19.9. The number of carboxylic acids is 1. The van der Waals surface area contributed by atoms with Crippen LogP contribution in [0, 0.1) is 6.92 Å². The SMILES string of the molecule is CC(=O)[O-].COc1ccc([O-])c(-c2cccc(-c3cccc(-c4cccc(C)c4[O-])n3)n2)c1.[Mn+3]. The quantitative estimate of drug-likeness (QED) is 0.398. The molecule has 34 heavy (non-hydrogen) atoms. The molecule has 0 fully saturated rings. The summed E-state index contributed by atoms with van der Waals surface area (Å²) in [6, 6.07) is 21.1. The molecule has 0 aliphatic rings. The number of hydrogen-bond acceptors (Lipinski definition) is 7. The van der Waals surface area contributed by atoms with Crippen LogP contribution >= 0.6 is 0 Å². The van der Waals surface area contributed by atoms with Crippen LogP contribution in [0.5, 0.6) is 17.2 Å². The van der Waals surface area contributed by atoms with Gasteiger partial charge in [0, 0.05) is 5.97 Å². The first-order valence-electron chi connectivity index (χ1n) is 10.0. The molecule has 0 amide bonds. The summed E-state index contributed by atoms with van der Waals surface area (Å²) in [7, 11) is 1.55. The number of rotatable bonds is 4. The van der Waals surface area contributed by atoms with Gasteiger partial charge in [0.15, 0.2) is 0 Å². The van der Waals surface area contributed by atoms with Crippen LogP contribution in [0.3, 0.4) is 0 Å². The fourth-order valence-corrected chi connectivity index (χ4v) is 3.15. The van der Waals surface area contributed by atoms with Crippen LogP contribution in [0.1, 0.15) is 12.5 Å². The molecule has 4 rings (SSSR count). The Morgan fingerprint density at radius 3 is 1.85 bits per heavy atom. The van der Waals surface area contributed by atoms with Crippen LogP contribution in [0.25, 0.3) is 33.9 Å². The molecule has 0 saturated carbocycles. The number of carboxylic acid groups (broad SMARTS) is 1. The van der Waals surface area contributed by atoms with E-state index in [2.05, 4.69) is 9.97 Å². The van der Waals surface area contributed by atoms with Crippen LogP contribution in [0.4, 0.5) is 0 Å². The minimum absolute atomic E-state index is 0. The Labute approximate surface area is 208 Å². The fraction of sp³-hybridized carbons (Fsp3) is 0.115. The number of pyridine rings is 2. The minimum atomic E-state index is -1.08. The maximum Gasteiger partial charge on any atom is 3.00 e. The van der Waals surface area contributed by atoms with Crippen molar-refractivity contribution in [3.05, 3.63) is 78.4 Å². The van der Waals surface area contributed by atoms with E-state index in [0.29, 0.717) is 45.2 Å². The molecule has 0 radical (unpaired) electrons. The topological polar surface area (TPSA) is 121 Å². The largest absolute Gasteiger partial charge is 3.00 e. The van der Waals surface area contributed by atoms with E-state index >= 15 is 0 Å². The maximum atomic E-state index is 12.5. The predicted octanol–water partition coefficient (Wildman–Crippen LogP) is 2.70. The molecule has 2 aromatic carbocycles. The van der Waals surface area contributed by atoms with Crippen LogP contribution in [0.15, 0.2) is 72.8 Å². The first-order chi connectivity index (χ1) is 15.8. The second-order valence-corrected chi connectivity index (χ2v) is 7.12. The van der Waals surface area contributed by atoms with Crippen molar-refractivity contribution in [2.24, 2.45) is 0 Å². The molecule has 7 nitrogen and oxygen atoms in total. The van der Waals surface area contributed by atoms with E-state index in [4.69, 9.17) is 14.6 Å². The van der Waals surface area contributed by atoms with E-state index in [1.54, 1.807) is 50.4 Å². The van der Waals surface area contributed by atoms with Gasteiger partial charge in [-0.3, -0.25) is 0 Å². The molecule has 4 aromatic rings. The van der Waals surface area contributed by atoms with Gasteiger partial charge in [0.05, 0.1) is 29.9 Å². The normalized spacial score (nSPS) is 9.85. The second-order valence-electron chi connectivity index (χ2n) is 7.12. The molecule has 2 heterocycles. The van der Waals surface area contributed by atoms with Gasteiger partial charge >= 0.3 is 17.1 Å². The van der Waals surface area contributed by atoms with Gasteiger partial charge in [0.2, 0.25) is 0 Å². The van der Waals surface area contributed by atoms with E-state index < -0.39 is 5.97 Å². The summed E-state index contributed by atoms with van der Waals surface area (Å²) in [5, 5.41) is 33.6. The molecule has 0 aliphatic heterocycles. The van der Waals surface area contributed by atoms with Gasteiger partial charge in [-0.2, -0.15) is 0 Å². The van der Waals surface area contributed by atoms with Crippen molar-refractivity contribution < 1.29 is 41.9 Å². The molecule has 2 aromatic heterocycles. The molecular weight excluding hydrogens is 475 g/mol. The summed E-state index contributed by atoms with van der Waals surface area (Å²) < 4.78 is 5.22. The Bertz CT molecular complexity index is 1290. The Morgan fingerprint density at radius 2 is 1.29 bits per heavy atom. The summed E-state index contributed by atoms with van der Waals surface area (Å²) in [5.41, 5.74) is 4.07. The van der Waals surface area contributed by atoms with Crippen LogP contribution < -0.4 is 20.1 Å². The van der Waals surface area contributed by atoms with Crippen molar-refractivity contribution >= 4 is 5.97 Å². The minimum Gasteiger partial charge on any atom is -0.872 e. The molecule has 0 spiro atoms. The first kappa shape index (κ1) is 26.4. The number of ether oxygens (including phenoxy) is 1. The standard InChI is InChI=1S/C24H20N2O3.C2H4O2.Mn/c1-15-6-3-7-17(24(15)28)19-8-4-10-21(25-19)22-11-5-9-20(26-22)18-14-16(29-2)12-13-23(18)27;1-2(3)4;/h3-14,27-28H,1-2H3;1H3,(H,3,4);/q;;+3/p-3. The monoisotopic (exact) mass is 496 g/mol. The van der Waals surface area contributed by atoms with Gasteiger partial charge < -0.3 is 24.9 Å². The zero-order chi connectivity index (χ0) is 24.0. The maximum absolute atomic E-state index is 12.5. The number of nitrogens with zero attached hydrogens (tertiary/aromatic N) is 2. The van der Waals surface area contributed by atoms with Crippen molar-refractivity contribution in [2.45, 2.75) is 13.8 Å². The predicted molar refractivity (Wildman–Crippen MR) is 119 cm³/mol. The van der Waals surface area contributed by atoms with Gasteiger partial charge in [0.25, 0.3) is 0 Å². The Morgan fingerprint density at radius 1 is 0.794 bits per heavy atom. The first-order valence-corrected chi connectivity index (χ1v) is 10.0. The van der Waals surface area contributed by atoms with Crippen molar-refractivity contribution in [3.8, 4) is 51.2 Å². The third kappa shape index (κ3) is 6.34. The molecule has 0 saturated heterocycles.